The zero-order valence-corrected chi connectivity index (χ0v) is 14.2. The van der Waals surface area contributed by atoms with Crippen molar-refractivity contribution in [3.8, 4) is 5.75 Å². The number of benzene rings is 2. The molecule has 0 fully saturated rings. The lowest BCUT2D eigenvalue weighted by molar-refractivity contribution is 0.0921. The Morgan fingerprint density at radius 3 is 2.43 bits per heavy atom. The minimum Gasteiger partial charge on any atom is -0.484 e. The van der Waals surface area contributed by atoms with Gasteiger partial charge < -0.3 is 4.74 Å². The Bertz CT molecular complexity index is 636. The summed E-state index contributed by atoms with van der Waals surface area (Å²) in [5.41, 5.74) is 1.87. The minimum absolute atomic E-state index is 0.00125. The lowest BCUT2D eigenvalue weighted by Gasteiger charge is -2.09. The average Bonchev–Trinajstić information content (AvgIpc) is 2.46. The second-order valence-corrected chi connectivity index (χ2v) is 6.35. The number of hydrogen-bond donors (Lipinski definition) is 0. The number of ether oxygens (including phenoxy) is 1. The second-order valence-electron chi connectivity index (χ2n) is 5.06. The van der Waals surface area contributed by atoms with Crippen LogP contribution in [0.4, 0.5) is 0 Å². The van der Waals surface area contributed by atoms with Crippen molar-refractivity contribution in [2.75, 3.05) is 6.61 Å². The van der Waals surface area contributed by atoms with Crippen LogP contribution in [0.2, 0.25) is 5.02 Å². The van der Waals surface area contributed by atoms with E-state index in [4.69, 9.17) is 16.3 Å². The highest BCUT2D eigenvalue weighted by atomic mass is 79.9. The van der Waals surface area contributed by atoms with Gasteiger partial charge in [-0.25, -0.2) is 0 Å². The highest BCUT2D eigenvalue weighted by Crippen LogP contribution is 2.28. The van der Waals surface area contributed by atoms with Crippen LogP contribution in [0.3, 0.4) is 0 Å². The Morgan fingerprint density at radius 1 is 1.19 bits per heavy atom. The van der Waals surface area contributed by atoms with Crippen molar-refractivity contribution in [1.82, 2.24) is 0 Å². The van der Waals surface area contributed by atoms with Crippen LogP contribution in [0.15, 0.2) is 46.9 Å². The molecule has 2 rings (SSSR count). The summed E-state index contributed by atoms with van der Waals surface area (Å²) in [6, 6.07) is 12.9. The summed E-state index contributed by atoms with van der Waals surface area (Å²) in [7, 11) is 0. The van der Waals surface area contributed by atoms with Crippen molar-refractivity contribution in [2.24, 2.45) is 0 Å². The number of carbonyl (C=O) groups excluding carboxylic acids is 1. The maximum absolute atomic E-state index is 12.1. The molecular weight excluding hydrogens is 352 g/mol. The third-order valence-corrected chi connectivity index (χ3v) is 4.01. The topological polar surface area (TPSA) is 26.3 Å². The molecule has 0 aromatic heterocycles. The molecule has 2 nitrogen and oxygen atoms in total. The third kappa shape index (κ3) is 4.32. The normalized spacial score (nSPS) is 10.7. The zero-order valence-electron chi connectivity index (χ0n) is 11.9. The molecule has 2 aromatic rings. The fourth-order valence-corrected chi connectivity index (χ4v) is 2.67. The molecule has 0 spiro atoms. The quantitative estimate of drug-likeness (QED) is 0.653. The van der Waals surface area contributed by atoms with E-state index in [2.05, 4.69) is 29.8 Å². The third-order valence-electron chi connectivity index (χ3n) is 3.15. The van der Waals surface area contributed by atoms with Gasteiger partial charge in [0.2, 0.25) is 0 Å². The first-order valence-corrected chi connectivity index (χ1v) is 7.85. The van der Waals surface area contributed by atoms with Crippen LogP contribution in [0, 0.1) is 0 Å². The van der Waals surface area contributed by atoms with Gasteiger partial charge in [-0.3, -0.25) is 4.79 Å². The summed E-state index contributed by atoms with van der Waals surface area (Å²) in [6.07, 6.45) is 0. The highest BCUT2D eigenvalue weighted by Gasteiger charge is 2.09. The van der Waals surface area contributed by atoms with Crippen LogP contribution in [-0.4, -0.2) is 12.4 Å². The van der Waals surface area contributed by atoms with Crippen molar-refractivity contribution >= 4 is 33.3 Å². The smallest absolute Gasteiger partial charge is 0.200 e. The van der Waals surface area contributed by atoms with E-state index in [1.807, 2.05) is 24.3 Å². The molecule has 4 heteroatoms. The van der Waals surface area contributed by atoms with Gasteiger partial charge in [0.05, 0.1) is 4.47 Å². The summed E-state index contributed by atoms with van der Waals surface area (Å²) in [5, 5.41) is 0.616. The summed E-state index contributed by atoms with van der Waals surface area (Å²) < 4.78 is 6.26. The molecule has 0 N–H and O–H groups in total. The van der Waals surface area contributed by atoms with Crippen LogP contribution in [0.25, 0.3) is 0 Å². The van der Waals surface area contributed by atoms with Gasteiger partial charge in [0, 0.05) is 10.6 Å². The lowest BCUT2D eigenvalue weighted by Crippen LogP contribution is -2.11. The van der Waals surface area contributed by atoms with E-state index in [9.17, 15) is 4.79 Å². The largest absolute Gasteiger partial charge is 0.484 e. The van der Waals surface area contributed by atoms with E-state index in [0.29, 0.717) is 22.3 Å². The molecule has 0 bridgehead atoms. The first kappa shape index (κ1) is 16.1. The van der Waals surface area contributed by atoms with E-state index in [1.165, 1.54) is 5.56 Å². The number of halogens is 2. The molecule has 0 radical (unpaired) electrons. The molecule has 0 amide bonds. The molecule has 110 valence electrons. The monoisotopic (exact) mass is 366 g/mol. The molecule has 0 saturated heterocycles. The predicted octanol–water partition coefficient (Wildman–Crippen LogP) is 5.49. The summed E-state index contributed by atoms with van der Waals surface area (Å²) in [6.45, 7) is 4.25. The summed E-state index contributed by atoms with van der Waals surface area (Å²) in [4.78, 5) is 12.1. The number of rotatable bonds is 5. The molecule has 0 unspecified atom stereocenters. The summed E-state index contributed by atoms with van der Waals surface area (Å²) >= 11 is 9.22. The molecule has 0 aliphatic rings. The van der Waals surface area contributed by atoms with Crippen LogP contribution < -0.4 is 4.74 Å². The van der Waals surface area contributed by atoms with Crippen molar-refractivity contribution in [3.63, 3.8) is 0 Å². The zero-order chi connectivity index (χ0) is 15.4. The number of ketones is 1. The Morgan fingerprint density at radius 2 is 1.86 bits per heavy atom. The van der Waals surface area contributed by atoms with Gasteiger partial charge in [-0.1, -0.05) is 49.7 Å². The molecule has 0 heterocycles. The lowest BCUT2D eigenvalue weighted by atomic mass is 10.0. The predicted molar refractivity (Wildman–Crippen MR) is 89.5 cm³/mol. The SMILES string of the molecule is CC(C)c1ccc(C(=O)COc2ccc(Cl)cc2Br)cc1. The molecular formula is C17H16BrClO2. The first-order valence-electron chi connectivity index (χ1n) is 6.68. The van der Waals surface area contributed by atoms with Crippen molar-refractivity contribution in [1.29, 1.82) is 0 Å². The first-order chi connectivity index (χ1) is 9.97. The van der Waals surface area contributed by atoms with Gasteiger partial charge in [0.15, 0.2) is 12.4 Å². The van der Waals surface area contributed by atoms with Crippen LogP contribution >= 0.6 is 27.5 Å². The van der Waals surface area contributed by atoms with E-state index < -0.39 is 0 Å². The van der Waals surface area contributed by atoms with E-state index >= 15 is 0 Å². The number of hydrogen-bond acceptors (Lipinski definition) is 2. The number of Topliss-reactive ketones (excluding diaryl/α,β-unsaturated/α-hetero) is 1. The van der Waals surface area contributed by atoms with Crippen molar-refractivity contribution in [2.45, 2.75) is 19.8 Å². The van der Waals surface area contributed by atoms with E-state index in [0.717, 1.165) is 4.47 Å². The van der Waals surface area contributed by atoms with Gasteiger partial charge in [-0.15, -0.1) is 0 Å². The average molecular weight is 368 g/mol. The van der Waals surface area contributed by atoms with Gasteiger partial charge >= 0.3 is 0 Å². The highest BCUT2D eigenvalue weighted by molar-refractivity contribution is 9.10. The second kappa shape index (κ2) is 7.10. The molecule has 2 aromatic carbocycles. The van der Waals surface area contributed by atoms with Gasteiger partial charge in [0.1, 0.15) is 5.75 Å². The minimum atomic E-state index is -0.0489. The maximum Gasteiger partial charge on any atom is 0.200 e. The van der Waals surface area contributed by atoms with Crippen molar-refractivity contribution in [3.05, 3.63) is 63.1 Å². The summed E-state index contributed by atoms with van der Waals surface area (Å²) in [5.74, 6) is 1.01. The fourth-order valence-electron chi connectivity index (χ4n) is 1.87. The van der Waals surface area contributed by atoms with Crippen LogP contribution in [0.5, 0.6) is 5.75 Å². The van der Waals surface area contributed by atoms with Crippen LogP contribution in [0.1, 0.15) is 35.7 Å². The van der Waals surface area contributed by atoms with Gasteiger partial charge in [-0.2, -0.15) is 0 Å². The number of carbonyl (C=O) groups is 1. The molecule has 21 heavy (non-hydrogen) atoms. The van der Waals surface area contributed by atoms with E-state index in [-0.39, 0.29) is 12.4 Å². The van der Waals surface area contributed by atoms with Crippen molar-refractivity contribution < 1.29 is 9.53 Å². The van der Waals surface area contributed by atoms with E-state index in [1.54, 1.807) is 18.2 Å². The maximum atomic E-state index is 12.1. The fraction of sp³-hybridized carbons (Fsp3) is 0.235. The molecule has 0 aliphatic heterocycles. The van der Waals surface area contributed by atoms with Gasteiger partial charge in [0.25, 0.3) is 0 Å². The standard InChI is InChI=1S/C17H16BrClO2/c1-11(2)12-3-5-13(6-4-12)16(20)10-21-17-8-7-14(19)9-15(17)18/h3-9,11H,10H2,1-2H3. The Hall–Kier alpha value is -1.32. The molecule has 0 saturated carbocycles. The van der Waals surface area contributed by atoms with Gasteiger partial charge in [-0.05, 0) is 45.6 Å². The Kier molecular flexibility index (Phi) is 5.43. The Labute approximate surface area is 138 Å². The molecule has 0 aliphatic carbocycles. The molecule has 0 atom stereocenters. The van der Waals surface area contributed by atoms with Crippen LogP contribution in [-0.2, 0) is 0 Å². The Balaban J connectivity index is 2.01.